The van der Waals surface area contributed by atoms with Gasteiger partial charge in [0.15, 0.2) is 0 Å². The van der Waals surface area contributed by atoms with Gasteiger partial charge in [0.2, 0.25) is 0 Å². The molecule has 0 radical (unpaired) electrons. The predicted octanol–water partition coefficient (Wildman–Crippen LogP) is 2.21. The van der Waals surface area contributed by atoms with Crippen molar-refractivity contribution in [1.29, 1.82) is 5.26 Å². The zero-order valence-corrected chi connectivity index (χ0v) is 14.2. The zero-order chi connectivity index (χ0) is 17.3. The molecule has 126 valence electrons. The molecule has 1 atom stereocenters. The van der Waals surface area contributed by atoms with Gasteiger partial charge in [-0.15, -0.1) is 0 Å². The number of hydrogen-bond donors (Lipinski definition) is 2. The summed E-state index contributed by atoms with van der Waals surface area (Å²) in [6.45, 7) is 4.59. The highest BCUT2D eigenvalue weighted by Crippen LogP contribution is 2.38. The van der Waals surface area contributed by atoms with Crippen LogP contribution in [0.1, 0.15) is 42.3 Å². The van der Waals surface area contributed by atoms with Gasteiger partial charge in [-0.05, 0) is 37.7 Å². The monoisotopic (exact) mass is 325 g/mol. The second kappa shape index (κ2) is 6.62. The molecule has 3 N–H and O–H groups in total. The first-order valence-corrected chi connectivity index (χ1v) is 8.45. The zero-order valence-electron chi connectivity index (χ0n) is 14.2. The van der Waals surface area contributed by atoms with E-state index in [1.807, 2.05) is 13.1 Å². The van der Waals surface area contributed by atoms with E-state index in [-0.39, 0.29) is 6.61 Å². The highest BCUT2D eigenvalue weighted by Gasteiger charge is 2.27. The molecule has 3 rings (SSSR count). The van der Waals surface area contributed by atoms with Crippen molar-refractivity contribution >= 4 is 5.82 Å². The van der Waals surface area contributed by atoms with Crippen LogP contribution in [0.25, 0.3) is 11.1 Å². The highest BCUT2D eigenvalue weighted by atomic mass is 16.3. The fraction of sp³-hybridized carbons (Fsp3) is 0.500. The molecule has 2 aromatic rings. The smallest absolute Gasteiger partial charge is 0.142 e. The number of aryl methyl sites for hydroxylation is 2. The van der Waals surface area contributed by atoms with Crippen molar-refractivity contribution in [1.82, 2.24) is 14.8 Å². The van der Waals surface area contributed by atoms with Crippen LogP contribution < -0.4 is 5.73 Å². The van der Waals surface area contributed by atoms with Crippen molar-refractivity contribution in [3.05, 3.63) is 28.7 Å². The molecule has 1 aliphatic rings. The topological polar surface area (TPSA) is 101 Å². The van der Waals surface area contributed by atoms with E-state index in [0.717, 1.165) is 53.8 Å². The lowest BCUT2D eigenvalue weighted by molar-refractivity contribution is 0.269. The Morgan fingerprint density at radius 3 is 2.96 bits per heavy atom. The summed E-state index contributed by atoms with van der Waals surface area (Å²) in [6.07, 6.45) is 5.96. The van der Waals surface area contributed by atoms with Crippen LogP contribution in [-0.4, -0.2) is 26.5 Å². The SMILES string of the molecule is CC[C@H]1CCc2nc(N)c(C#N)c(-c3cn(CCO)nc3C)c2C1. The predicted molar refractivity (Wildman–Crippen MR) is 92.2 cm³/mol. The molecule has 6 nitrogen and oxygen atoms in total. The third-order valence-corrected chi connectivity index (χ3v) is 4.93. The Morgan fingerprint density at radius 2 is 2.29 bits per heavy atom. The number of nitriles is 1. The van der Waals surface area contributed by atoms with E-state index in [2.05, 4.69) is 23.1 Å². The molecular weight excluding hydrogens is 302 g/mol. The number of pyridine rings is 1. The van der Waals surface area contributed by atoms with Gasteiger partial charge in [0.25, 0.3) is 0 Å². The first kappa shape index (κ1) is 16.5. The quantitative estimate of drug-likeness (QED) is 0.897. The number of anilines is 1. The number of nitrogens with two attached hydrogens (primary N) is 1. The highest BCUT2D eigenvalue weighted by molar-refractivity contribution is 5.80. The number of aromatic nitrogens is 3. The largest absolute Gasteiger partial charge is 0.394 e. The van der Waals surface area contributed by atoms with E-state index in [4.69, 9.17) is 10.8 Å². The standard InChI is InChI=1S/C18H23N5O/c1-3-12-4-5-16-13(8-12)17(14(9-19)18(20)21-16)15-10-23(6-7-24)22-11(15)2/h10,12,24H,3-8H2,1-2H3,(H2,20,21)/t12-/m0/s1. The van der Waals surface area contributed by atoms with Gasteiger partial charge in [-0.3, -0.25) is 4.68 Å². The van der Waals surface area contributed by atoms with Gasteiger partial charge >= 0.3 is 0 Å². The number of nitrogen functional groups attached to an aromatic ring is 1. The Balaban J connectivity index is 2.22. The van der Waals surface area contributed by atoms with Crippen LogP contribution in [0.2, 0.25) is 0 Å². The van der Waals surface area contributed by atoms with Gasteiger partial charge in [-0.1, -0.05) is 13.3 Å². The number of nitrogens with zero attached hydrogens (tertiary/aromatic N) is 4. The number of aliphatic hydroxyl groups is 1. The van der Waals surface area contributed by atoms with Gasteiger partial charge in [-0.2, -0.15) is 10.4 Å². The van der Waals surface area contributed by atoms with E-state index < -0.39 is 0 Å². The fourth-order valence-corrected chi connectivity index (χ4v) is 3.59. The molecule has 0 bridgehead atoms. The van der Waals surface area contributed by atoms with E-state index in [0.29, 0.717) is 23.8 Å². The number of hydrogen-bond acceptors (Lipinski definition) is 5. The lowest BCUT2D eigenvalue weighted by Crippen LogP contribution is -2.18. The first-order chi connectivity index (χ1) is 11.6. The third kappa shape index (κ3) is 2.76. The maximum atomic E-state index is 9.65. The molecular formula is C18H23N5O. The number of aliphatic hydroxyl groups excluding tert-OH is 1. The fourth-order valence-electron chi connectivity index (χ4n) is 3.59. The average Bonchev–Trinajstić information content (AvgIpc) is 2.93. The Bertz CT molecular complexity index is 803. The van der Waals surface area contributed by atoms with Crippen LogP contribution in [0.3, 0.4) is 0 Å². The average molecular weight is 325 g/mol. The van der Waals surface area contributed by atoms with Crippen molar-refractivity contribution in [3.8, 4) is 17.2 Å². The summed E-state index contributed by atoms with van der Waals surface area (Å²) in [6, 6.07) is 2.24. The molecule has 0 unspecified atom stereocenters. The summed E-state index contributed by atoms with van der Waals surface area (Å²) in [5.41, 5.74) is 11.3. The van der Waals surface area contributed by atoms with Gasteiger partial charge < -0.3 is 10.8 Å². The minimum Gasteiger partial charge on any atom is -0.394 e. The van der Waals surface area contributed by atoms with Gasteiger partial charge in [0.05, 0.1) is 18.8 Å². The lowest BCUT2D eigenvalue weighted by Gasteiger charge is -2.26. The summed E-state index contributed by atoms with van der Waals surface area (Å²) < 4.78 is 1.72. The number of fused-ring (bicyclic) bond motifs is 1. The molecule has 0 aromatic carbocycles. The molecule has 1 aliphatic carbocycles. The molecule has 0 fully saturated rings. The minimum absolute atomic E-state index is 0.0279. The summed E-state index contributed by atoms with van der Waals surface area (Å²) in [5, 5.41) is 23.3. The third-order valence-electron chi connectivity index (χ3n) is 4.93. The lowest BCUT2D eigenvalue weighted by atomic mass is 9.80. The van der Waals surface area contributed by atoms with Crippen molar-refractivity contribution < 1.29 is 5.11 Å². The summed E-state index contributed by atoms with van der Waals surface area (Å²) in [4.78, 5) is 4.50. The maximum Gasteiger partial charge on any atom is 0.142 e. The second-order valence-corrected chi connectivity index (χ2v) is 6.42. The molecule has 2 heterocycles. The van der Waals surface area contributed by atoms with Crippen molar-refractivity contribution in [2.24, 2.45) is 5.92 Å². The first-order valence-electron chi connectivity index (χ1n) is 8.45. The molecule has 0 saturated heterocycles. The Labute approximate surface area is 141 Å². The Kier molecular flexibility index (Phi) is 4.54. The van der Waals surface area contributed by atoms with Crippen LogP contribution >= 0.6 is 0 Å². The molecule has 0 aliphatic heterocycles. The summed E-state index contributed by atoms with van der Waals surface area (Å²) >= 11 is 0. The minimum atomic E-state index is 0.0279. The van der Waals surface area contributed by atoms with E-state index in [1.54, 1.807) is 4.68 Å². The normalized spacial score (nSPS) is 16.7. The molecule has 0 spiro atoms. The van der Waals surface area contributed by atoms with E-state index >= 15 is 0 Å². The van der Waals surface area contributed by atoms with Crippen molar-refractivity contribution in [2.75, 3.05) is 12.3 Å². The van der Waals surface area contributed by atoms with Crippen LogP contribution in [0, 0.1) is 24.2 Å². The van der Waals surface area contributed by atoms with Crippen molar-refractivity contribution in [3.63, 3.8) is 0 Å². The van der Waals surface area contributed by atoms with E-state index in [1.165, 1.54) is 0 Å². The van der Waals surface area contributed by atoms with Gasteiger partial charge in [-0.25, -0.2) is 4.98 Å². The summed E-state index contributed by atoms with van der Waals surface area (Å²) in [5.74, 6) is 0.913. The molecule has 24 heavy (non-hydrogen) atoms. The molecule has 6 heteroatoms. The van der Waals surface area contributed by atoms with Crippen LogP contribution in [0.5, 0.6) is 0 Å². The van der Waals surface area contributed by atoms with Crippen molar-refractivity contribution in [2.45, 2.75) is 46.1 Å². The summed E-state index contributed by atoms with van der Waals surface area (Å²) in [7, 11) is 0. The molecule has 0 saturated carbocycles. The van der Waals surface area contributed by atoms with Gasteiger partial charge in [0, 0.05) is 23.0 Å². The van der Waals surface area contributed by atoms with Crippen LogP contribution in [0.4, 0.5) is 5.82 Å². The van der Waals surface area contributed by atoms with E-state index in [9.17, 15) is 5.26 Å². The second-order valence-electron chi connectivity index (χ2n) is 6.42. The number of rotatable bonds is 4. The van der Waals surface area contributed by atoms with Gasteiger partial charge in [0.1, 0.15) is 17.5 Å². The Hall–Kier alpha value is -2.39. The maximum absolute atomic E-state index is 9.65. The Morgan fingerprint density at radius 1 is 1.50 bits per heavy atom. The molecule has 0 amide bonds. The molecule has 2 aromatic heterocycles. The van der Waals surface area contributed by atoms with Crippen LogP contribution in [0.15, 0.2) is 6.20 Å². The van der Waals surface area contributed by atoms with Crippen LogP contribution in [-0.2, 0) is 19.4 Å².